The van der Waals surface area contributed by atoms with Gasteiger partial charge in [0, 0.05) is 73.4 Å². The first-order valence-electron chi connectivity index (χ1n) is 17.0. The van der Waals surface area contributed by atoms with E-state index in [1.165, 1.54) is 36.5 Å². The molecule has 2 aromatic heterocycles. The molecule has 260 valence electrons. The molecule has 18 heteroatoms. The largest absolute Gasteiger partial charge is 0.425 e. The maximum atomic E-state index is 15.0. The highest BCUT2D eigenvalue weighted by Crippen LogP contribution is 2.60. The summed E-state index contributed by atoms with van der Waals surface area (Å²) in [7, 11) is 11.5. The van der Waals surface area contributed by atoms with Crippen LogP contribution in [0.15, 0.2) is 22.9 Å². The van der Waals surface area contributed by atoms with Crippen LogP contribution in [0.1, 0.15) is 47.9 Å². The topological polar surface area (TPSA) is 93.2 Å². The van der Waals surface area contributed by atoms with Crippen molar-refractivity contribution in [1.82, 2.24) is 0 Å². The van der Waals surface area contributed by atoms with Crippen LogP contribution in [0, 0.1) is 13.8 Å². The first kappa shape index (κ1) is 38.0. The Balaban J connectivity index is 1.41. The molecule has 6 rings (SSSR count). The molecule has 0 fully saturated rings. The standard InChI is InChI=1S/C33H38B6Cl2N2O6S2/c1-13-11-50-27-21(48-15(3)44)5-19-25(23(13)27)17(7-40)9-42(19)29(46)31(34,35)33(38,39)32(36,37)30(47)43-10-18(8-41)26-20(43)6-22(49-16(4)45)28-24(26)14(2)12-51-28/h5-6,11-12,17-18H,7-10,34-39H2,1-4H3/t17-,18-/m1/s1. The Bertz CT molecular complexity index is 2010. The Morgan fingerprint density at radius 3 is 1.39 bits per heavy atom. The molecule has 2 amide bonds. The van der Waals surface area contributed by atoms with Crippen LogP contribution in [0.5, 0.6) is 11.5 Å². The molecule has 0 bridgehead atoms. The van der Waals surface area contributed by atoms with Crippen molar-refractivity contribution in [3.05, 3.63) is 45.1 Å². The lowest BCUT2D eigenvalue weighted by atomic mass is 9.17. The first-order chi connectivity index (χ1) is 23.8. The minimum Gasteiger partial charge on any atom is -0.425 e. The summed E-state index contributed by atoms with van der Waals surface area (Å²) in [5, 5.41) is 2.93. The van der Waals surface area contributed by atoms with Gasteiger partial charge in [-0.25, -0.2) is 0 Å². The molecule has 2 aliphatic heterocycles. The quantitative estimate of drug-likeness (QED) is 0.118. The summed E-state index contributed by atoms with van der Waals surface area (Å²) in [6.45, 7) is 7.49. The van der Waals surface area contributed by atoms with Gasteiger partial charge >= 0.3 is 11.9 Å². The lowest BCUT2D eigenvalue weighted by Crippen LogP contribution is -2.56. The molecule has 0 aliphatic carbocycles. The Labute approximate surface area is 321 Å². The Hall–Kier alpha value is -2.79. The zero-order valence-corrected chi connectivity index (χ0v) is 33.9. The smallest absolute Gasteiger partial charge is 0.308 e. The maximum Gasteiger partial charge on any atom is 0.308 e. The van der Waals surface area contributed by atoms with Crippen molar-refractivity contribution in [2.45, 2.75) is 55.2 Å². The highest BCUT2D eigenvalue weighted by molar-refractivity contribution is 7.18. The minimum absolute atomic E-state index is 0.126. The number of rotatable bonds is 8. The fourth-order valence-corrected chi connectivity index (χ4v) is 10.4. The summed E-state index contributed by atoms with van der Waals surface area (Å²) in [6.07, 6.45) is 0. The van der Waals surface area contributed by atoms with Crippen molar-refractivity contribution in [1.29, 1.82) is 0 Å². The van der Waals surface area contributed by atoms with Gasteiger partial charge in [0.1, 0.15) is 31.4 Å². The number of halogens is 2. The number of benzene rings is 2. The number of anilines is 2. The van der Waals surface area contributed by atoms with Gasteiger partial charge < -0.3 is 19.3 Å². The van der Waals surface area contributed by atoms with Crippen molar-refractivity contribution in [3.63, 3.8) is 0 Å². The molecule has 0 saturated carbocycles. The average Bonchev–Trinajstić information content (AvgIpc) is 3.82. The average molecular weight is 759 g/mol. The van der Waals surface area contributed by atoms with Gasteiger partial charge in [0.25, 0.3) is 0 Å². The number of carbonyl (C=O) groups excluding carboxylic acids is 4. The van der Waals surface area contributed by atoms with Crippen molar-refractivity contribution in [2.75, 3.05) is 34.6 Å². The van der Waals surface area contributed by atoms with Gasteiger partial charge in [-0.2, -0.15) is 0 Å². The van der Waals surface area contributed by atoms with Gasteiger partial charge in [0.2, 0.25) is 11.8 Å². The molecule has 0 saturated heterocycles. The Morgan fingerprint density at radius 2 is 1.08 bits per heavy atom. The molecule has 4 aromatic rings. The Morgan fingerprint density at radius 1 is 0.725 bits per heavy atom. The maximum absolute atomic E-state index is 15.0. The van der Waals surface area contributed by atoms with Crippen LogP contribution in [0.2, 0.25) is 15.6 Å². The van der Waals surface area contributed by atoms with E-state index in [0.717, 1.165) is 42.4 Å². The number of fused-ring (bicyclic) bond motifs is 6. The van der Waals surface area contributed by atoms with Gasteiger partial charge in [-0.15, -0.1) is 45.9 Å². The van der Waals surface area contributed by atoms with E-state index in [1.807, 2.05) is 71.7 Å². The van der Waals surface area contributed by atoms with Gasteiger partial charge in [-0.1, -0.05) is 5.21 Å². The lowest BCUT2D eigenvalue weighted by molar-refractivity contribution is -0.132. The van der Waals surface area contributed by atoms with Gasteiger partial charge in [-0.3, -0.25) is 19.2 Å². The van der Waals surface area contributed by atoms with Crippen molar-refractivity contribution in [3.8, 4) is 11.5 Å². The van der Waals surface area contributed by atoms with Crippen LogP contribution >= 0.6 is 45.9 Å². The third-order valence-electron chi connectivity index (χ3n) is 11.8. The van der Waals surface area contributed by atoms with Crippen LogP contribution in [0.25, 0.3) is 20.2 Å². The monoisotopic (exact) mass is 758 g/mol. The number of aryl methyl sites for hydroxylation is 2. The third-order valence-corrected chi connectivity index (χ3v) is 14.8. The van der Waals surface area contributed by atoms with E-state index >= 15 is 9.59 Å². The molecule has 2 aromatic carbocycles. The number of amides is 2. The Kier molecular flexibility index (Phi) is 9.86. The second kappa shape index (κ2) is 13.3. The van der Waals surface area contributed by atoms with E-state index < -0.39 is 27.6 Å². The second-order valence-electron chi connectivity index (χ2n) is 15.5. The molecule has 0 N–H and O–H groups in total. The van der Waals surface area contributed by atoms with Crippen molar-refractivity contribution < 1.29 is 28.7 Å². The van der Waals surface area contributed by atoms with E-state index in [1.54, 1.807) is 21.9 Å². The van der Waals surface area contributed by atoms with Crippen LogP contribution in [-0.2, 0) is 19.2 Å². The summed E-state index contributed by atoms with van der Waals surface area (Å²) < 4.78 is 13.1. The van der Waals surface area contributed by atoms with Crippen LogP contribution in [-0.4, -0.2) is 95.7 Å². The molecular weight excluding hydrogens is 720 g/mol. The lowest BCUT2D eigenvalue weighted by Gasteiger charge is -2.53. The highest BCUT2D eigenvalue weighted by atomic mass is 35.5. The van der Waals surface area contributed by atoms with Gasteiger partial charge in [-0.05, 0) is 57.3 Å². The zero-order chi connectivity index (χ0) is 37.5. The van der Waals surface area contributed by atoms with Crippen LogP contribution in [0.3, 0.4) is 0 Å². The van der Waals surface area contributed by atoms with Gasteiger partial charge in [0.05, 0.1) is 36.5 Å². The van der Waals surface area contributed by atoms with Crippen LogP contribution in [0.4, 0.5) is 11.4 Å². The molecule has 0 radical (unpaired) electrons. The number of nitrogens with zero attached hydrogens (tertiary/aromatic N) is 2. The molecule has 2 atom stereocenters. The normalized spacial score (nSPS) is 17.5. The van der Waals surface area contributed by atoms with Crippen molar-refractivity contribution >= 4 is 148 Å². The predicted octanol–water partition coefficient (Wildman–Crippen LogP) is 1.77. The minimum atomic E-state index is -1.07. The number of alkyl halides is 2. The number of thiophene rings is 2. The molecule has 51 heavy (non-hydrogen) atoms. The molecule has 0 spiro atoms. The molecule has 8 nitrogen and oxygen atoms in total. The van der Waals surface area contributed by atoms with E-state index in [0.29, 0.717) is 47.7 Å². The van der Waals surface area contributed by atoms with E-state index in [9.17, 15) is 9.59 Å². The summed E-state index contributed by atoms with van der Waals surface area (Å²) in [6, 6.07) is 3.58. The summed E-state index contributed by atoms with van der Waals surface area (Å²) >= 11 is 16.2. The number of hydrogen-bond acceptors (Lipinski definition) is 8. The molecular formula is C33H38B6Cl2N2O6S2. The highest BCUT2D eigenvalue weighted by Gasteiger charge is 2.57. The first-order valence-corrected chi connectivity index (χ1v) is 19.8. The predicted molar refractivity (Wildman–Crippen MR) is 227 cm³/mol. The van der Waals surface area contributed by atoms with E-state index in [4.69, 9.17) is 32.7 Å². The summed E-state index contributed by atoms with van der Waals surface area (Å²) in [5.74, 6) is 0.00525. The number of carbonyl (C=O) groups is 4. The zero-order valence-electron chi connectivity index (χ0n) is 30.7. The van der Waals surface area contributed by atoms with Crippen LogP contribution < -0.4 is 19.3 Å². The molecule has 4 heterocycles. The molecule has 0 unspecified atom stereocenters. The molecule has 2 aliphatic rings. The SMILES string of the molecule is BC(B)(C(=O)N1C[C@@H](CCl)c2c1cc(OC(C)=O)c1scc(C)c21)C(B)(B)C(B)(B)C(=O)N1C[C@@H](CCl)c2c1cc(OC(C)=O)c1scc(C)c21. The summed E-state index contributed by atoms with van der Waals surface area (Å²) in [5.41, 5.74) is 5.37. The fourth-order valence-electron chi connectivity index (χ4n) is 7.89. The fraction of sp³-hybridized carbons (Fsp3) is 0.394. The third kappa shape index (κ3) is 5.78. The van der Waals surface area contributed by atoms with E-state index in [-0.39, 0.29) is 23.7 Å². The second-order valence-corrected chi connectivity index (χ2v) is 17.8. The van der Waals surface area contributed by atoms with Crippen molar-refractivity contribution in [2.24, 2.45) is 0 Å². The summed E-state index contributed by atoms with van der Waals surface area (Å²) in [4.78, 5) is 57.8. The number of hydrogen-bond donors (Lipinski definition) is 0. The van der Waals surface area contributed by atoms with Gasteiger partial charge in [0.15, 0.2) is 11.5 Å². The van der Waals surface area contributed by atoms with E-state index in [2.05, 4.69) is 0 Å². The number of esters is 2. The number of ether oxygens (including phenoxy) is 2.